The number of nitrogens with one attached hydrogen (secondary N) is 1. The van der Waals surface area contributed by atoms with Gasteiger partial charge in [-0.15, -0.1) is 0 Å². The van der Waals surface area contributed by atoms with Crippen molar-refractivity contribution < 1.29 is 14.6 Å². The third kappa shape index (κ3) is 4.43. The summed E-state index contributed by atoms with van der Waals surface area (Å²) >= 11 is 0. The maximum Gasteiger partial charge on any atom is 0.278 e. The van der Waals surface area contributed by atoms with Crippen LogP contribution in [0, 0.1) is 0 Å². The van der Waals surface area contributed by atoms with E-state index in [4.69, 9.17) is 16.2 Å². The molecule has 1 aliphatic heterocycles. The minimum Gasteiger partial charge on any atom is -0.386 e. The molecule has 6 N–H and O–H groups in total. The second-order valence-electron chi connectivity index (χ2n) is 8.23. The predicted octanol–water partition coefficient (Wildman–Crippen LogP) is 2.69. The quantitative estimate of drug-likeness (QED) is 0.465. The monoisotopic (exact) mass is 448 g/mol. The highest BCUT2D eigenvalue weighted by atomic mass is 16.5. The number of rotatable bonds is 5. The van der Waals surface area contributed by atoms with Crippen LogP contribution in [0.2, 0.25) is 0 Å². The van der Waals surface area contributed by atoms with Gasteiger partial charge in [0.1, 0.15) is 5.60 Å². The highest BCUT2D eigenvalue weighted by Crippen LogP contribution is 2.40. The fourth-order valence-electron chi connectivity index (χ4n) is 4.19. The first-order chi connectivity index (χ1) is 15.8. The average Bonchev–Trinajstić information content (AvgIpc) is 2.83. The number of nitrogens with two attached hydrogens (primary N) is 2. The number of hydrogen-bond donors (Lipinski definition) is 4. The molecule has 9 nitrogen and oxygen atoms in total. The van der Waals surface area contributed by atoms with Crippen molar-refractivity contribution in [2.75, 3.05) is 11.1 Å². The number of carbonyl (C=O) groups excluding carboxylic acids is 1. The lowest BCUT2D eigenvalue weighted by atomic mass is 9.80. The summed E-state index contributed by atoms with van der Waals surface area (Å²) in [5.74, 6) is -0.486. The molecule has 0 radical (unpaired) electrons. The number of nitrogens with zero attached hydrogens (tertiary/aromatic N) is 3. The lowest BCUT2D eigenvalue weighted by Gasteiger charge is -2.45. The maximum absolute atomic E-state index is 13.1. The Morgan fingerprint density at radius 1 is 1.27 bits per heavy atom. The molecule has 3 aromatic rings. The van der Waals surface area contributed by atoms with Crippen LogP contribution in [0.15, 0.2) is 55.0 Å². The van der Waals surface area contributed by atoms with E-state index in [-0.39, 0.29) is 11.5 Å². The number of amides is 1. The molecular formula is C24H28N6O3. The fraction of sp³-hybridized carbons (Fsp3) is 0.333. The van der Waals surface area contributed by atoms with Gasteiger partial charge in [-0.3, -0.25) is 9.78 Å². The van der Waals surface area contributed by atoms with Gasteiger partial charge in [-0.2, -0.15) is 0 Å². The van der Waals surface area contributed by atoms with Crippen molar-refractivity contribution in [1.29, 1.82) is 0 Å². The molecule has 1 saturated heterocycles. The van der Waals surface area contributed by atoms with Crippen molar-refractivity contribution in [2.24, 2.45) is 5.73 Å². The summed E-state index contributed by atoms with van der Waals surface area (Å²) in [4.78, 5) is 25.8. The van der Waals surface area contributed by atoms with E-state index in [1.807, 2.05) is 37.3 Å². The van der Waals surface area contributed by atoms with Crippen LogP contribution < -0.4 is 16.8 Å². The Hall–Kier alpha value is -3.40. The molecule has 3 heterocycles. The Balaban J connectivity index is 1.60. The Bertz CT molecular complexity index is 1130. The summed E-state index contributed by atoms with van der Waals surface area (Å²) in [6.07, 6.45) is 4.68. The first kappa shape index (κ1) is 22.8. The first-order valence-electron chi connectivity index (χ1n) is 10.9. The Morgan fingerprint density at radius 3 is 2.73 bits per heavy atom. The van der Waals surface area contributed by atoms with Gasteiger partial charge in [-0.1, -0.05) is 37.3 Å². The number of benzene rings is 1. The van der Waals surface area contributed by atoms with Crippen LogP contribution >= 0.6 is 0 Å². The lowest BCUT2D eigenvalue weighted by molar-refractivity contribution is -0.181. The number of aromatic nitrogens is 3. The van der Waals surface area contributed by atoms with Gasteiger partial charge in [0, 0.05) is 23.4 Å². The number of aliphatic hydroxyl groups is 1. The molecule has 1 aliphatic rings. The summed E-state index contributed by atoms with van der Waals surface area (Å²) in [5.41, 5.74) is 13.7. The van der Waals surface area contributed by atoms with Crippen molar-refractivity contribution in [3.63, 3.8) is 0 Å². The second kappa shape index (κ2) is 9.22. The zero-order chi connectivity index (χ0) is 23.6. The molecule has 0 bridgehead atoms. The molecule has 9 heteroatoms. The van der Waals surface area contributed by atoms with Crippen molar-refractivity contribution in [3.05, 3.63) is 66.2 Å². The molecule has 1 aromatic carbocycles. The van der Waals surface area contributed by atoms with Crippen molar-refractivity contribution in [2.45, 2.75) is 50.5 Å². The van der Waals surface area contributed by atoms with Gasteiger partial charge < -0.3 is 26.6 Å². The SMILES string of the molecule is CCC1(O)C(N)CC(c2ccncc2NC(=O)c2nc(-c3ccccc3)cnc2N)OC1C. The molecule has 4 rings (SSSR count). The van der Waals surface area contributed by atoms with Crippen LogP contribution in [0.25, 0.3) is 11.3 Å². The van der Waals surface area contributed by atoms with Crippen molar-refractivity contribution in [1.82, 2.24) is 15.0 Å². The van der Waals surface area contributed by atoms with E-state index in [1.165, 1.54) is 12.4 Å². The summed E-state index contributed by atoms with van der Waals surface area (Å²) in [5, 5.41) is 13.7. The third-order valence-corrected chi connectivity index (χ3v) is 6.28. The van der Waals surface area contributed by atoms with E-state index in [1.54, 1.807) is 19.2 Å². The highest BCUT2D eigenvalue weighted by Gasteiger charge is 2.46. The minimum absolute atomic E-state index is 0.0150. The number of pyridine rings is 1. The van der Waals surface area contributed by atoms with Gasteiger partial charge in [0.2, 0.25) is 0 Å². The van der Waals surface area contributed by atoms with E-state index >= 15 is 0 Å². The van der Waals surface area contributed by atoms with E-state index < -0.39 is 29.8 Å². The number of anilines is 2. The highest BCUT2D eigenvalue weighted by molar-refractivity contribution is 6.06. The average molecular weight is 449 g/mol. The first-order valence-corrected chi connectivity index (χ1v) is 10.9. The zero-order valence-corrected chi connectivity index (χ0v) is 18.6. The van der Waals surface area contributed by atoms with E-state index in [0.717, 1.165) is 5.56 Å². The van der Waals surface area contributed by atoms with Crippen LogP contribution in [0.1, 0.15) is 48.8 Å². The Kier molecular flexibility index (Phi) is 6.37. The van der Waals surface area contributed by atoms with Crippen LogP contribution in [0.3, 0.4) is 0 Å². The van der Waals surface area contributed by atoms with Crippen LogP contribution in [-0.4, -0.2) is 43.7 Å². The number of carbonyl (C=O) groups is 1. The molecule has 0 spiro atoms. The van der Waals surface area contributed by atoms with Crippen LogP contribution in [-0.2, 0) is 4.74 Å². The molecule has 0 saturated carbocycles. The Morgan fingerprint density at radius 2 is 2.03 bits per heavy atom. The number of hydrogen-bond acceptors (Lipinski definition) is 8. The summed E-state index contributed by atoms with van der Waals surface area (Å²) in [6.45, 7) is 3.69. The second-order valence-corrected chi connectivity index (χ2v) is 8.23. The molecule has 4 atom stereocenters. The largest absolute Gasteiger partial charge is 0.386 e. The molecule has 33 heavy (non-hydrogen) atoms. The van der Waals surface area contributed by atoms with E-state index in [2.05, 4.69) is 20.3 Å². The number of nitrogen functional groups attached to an aromatic ring is 1. The summed E-state index contributed by atoms with van der Waals surface area (Å²) < 4.78 is 6.12. The third-order valence-electron chi connectivity index (χ3n) is 6.28. The standard InChI is InChI=1S/C24H28N6O3/c1-3-24(32)14(2)33-19(11-20(24)25)16-9-10-27-12-18(16)30-23(31)21-22(26)28-13-17(29-21)15-7-5-4-6-8-15/h4-10,12-14,19-20,32H,3,11,25H2,1-2H3,(H2,26,28)(H,30,31). The molecule has 1 amide bonds. The lowest BCUT2D eigenvalue weighted by Crippen LogP contribution is -2.59. The summed E-state index contributed by atoms with van der Waals surface area (Å²) in [6, 6.07) is 10.7. The minimum atomic E-state index is -1.10. The van der Waals surface area contributed by atoms with E-state index in [0.29, 0.717) is 29.8 Å². The fourth-order valence-corrected chi connectivity index (χ4v) is 4.19. The van der Waals surface area contributed by atoms with Crippen molar-refractivity contribution >= 4 is 17.4 Å². The Labute approximate surface area is 192 Å². The molecule has 2 aromatic heterocycles. The smallest absolute Gasteiger partial charge is 0.278 e. The molecular weight excluding hydrogens is 420 g/mol. The van der Waals surface area contributed by atoms with E-state index in [9.17, 15) is 9.90 Å². The van der Waals surface area contributed by atoms with Crippen LogP contribution in [0.4, 0.5) is 11.5 Å². The molecule has 0 aliphatic carbocycles. The van der Waals surface area contributed by atoms with Gasteiger partial charge in [-0.25, -0.2) is 9.97 Å². The molecule has 172 valence electrons. The molecule has 4 unspecified atom stereocenters. The van der Waals surface area contributed by atoms with Gasteiger partial charge in [0.15, 0.2) is 11.5 Å². The maximum atomic E-state index is 13.1. The van der Waals surface area contributed by atoms with Gasteiger partial charge in [-0.05, 0) is 25.8 Å². The van der Waals surface area contributed by atoms with Gasteiger partial charge >= 0.3 is 0 Å². The topological polar surface area (TPSA) is 149 Å². The van der Waals surface area contributed by atoms with Gasteiger partial charge in [0.05, 0.1) is 36.0 Å². The summed E-state index contributed by atoms with van der Waals surface area (Å²) in [7, 11) is 0. The molecule has 1 fully saturated rings. The van der Waals surface area contributed by atoms with Crippen molar-refractivity contribution in [3.8, 4) is 11.3 Å². The number of ether oxygens (including phenoxy) is 1. The predicted molar refractivity (Wildman–Crippen MR) is 125 cm³/mol. The van der Waals surface area contributed by atoms with Gasteiger partial charge in [0.25, 0.3) is 5.91 Å². The zero-order valence-electron chi connectivity index (χ0n) is 18.6. The normalized spacial score (nSPS) is 24.9. The van der Waals surface area contributed by atoms with Crippen LogP contribution in [0.5, 0.6) is 0 Å².